The van der Waals surface area contributed by atoms with Crippen LogP contribution in [0.1, 0.15) is 58.1 Å². The van der Waals surface area contributed by atoms with Crippen molar-refractivity contribution in [1.29, 1.82) is 0 Å². The van der Waals surface area contributed by atoms with Gasteiger partial charge in [0.1, 0.15) is 0 Å². The van der Waals surface area contributed by atoms with Gasteiger partial charge in [-0.15, -0.1) is 0 Å². The van der Waals surface area contributed by atoms with E-state index in [2.05, 4.69) is 26.1 Å². The summed E-state index contributed by atoms with van der Waals surface area (Å²) in [4.78, 5) is 12.1. The lowest BCUT2D eigenvalue weighted by Crippen LogP contribution is -2.29. The van der Waals surface area contributed by atoms with Gasteiger partial charge in [-0.2, -0.15) is 0 Å². The van der Waals surface area contributed by atoms with E-state index >= 15 is 0 Å². The maximum Gasteiger partial charge on any atom is 0.220 e. The van der Waals surface area contributed by atoms with Crippen molar-refractivity contribution in [2.24, 2.45) is 11.1 Å². The largest absolute Gasteiger partial charge is 0.349 e. The molecule has 0 bridgehead atoms. The van der Waals surface area contributed by atoms with E-state index in [9.17, 15) is 4.79 Å². The highest BCUT2D eigenvalue weighted by Crippen LogP contribution is 2.26. The maximum absolute atomic E-state index is 12.1. The molecule has 0 aliphatic heterocycles. The fourth-order valence-electron chi connectivity index (χ4n) is 2.38. The number of carbonyl (C=O) groups excluding carboxylic acids is 1. The molecule has 0 spiro atoms. The monoisotopic (exact) mass is 310 g/mol. The van der Waals surface area contributed by atoms with Crippen molar-refractivity contribution in [2.45, 2.75) is 52.5 Å². The van der Waals surface area contributed by atoms with Crippen LogP contribution in [0.3, 0.4) is 0 Å². The fourth-order valence-corrected chi connectivity index (χ4v) is 2.58. The molecule has 3 N–H and O–H groups in total. The molecule has 1 amide bonds. The Hall–Kier alpha value is -1.06. The number of amides is 1. The van der Waals surface area contributed by atoms with E-state index in [4.69, 9.17) is 17.3 Å². The van der Waals surface area contributed by atoms with Crippen LogP contribution in [0.2, 0.25) is 5.02 Å². The first-order chi connectivity index (χ1) is 9.88. The Bertz CT molecular complexity index is 460. The average Bonchev–Trinajstić information content (AvgIpc) is 2.42. The minimum atomic E-state index is 0.0221. The van der Waals surface area contributed by atoms with Crippen LogP contribution in [-0.2, 0) is 4.79 Å². The van der Waals surface area contributed by atoms with Crippen LogP contribution in [0.5, 0.6) is 0 Å². The van der Waals surface area contributed by atoms with Gasteiger partial charge in [0.25, 0.3) is 0 Å². The highest BCUT2D eigenvalue weighted by atomic mass is 35.5. The molecule has 0 saturated carbocycles. The molecule has 0 fully saturated rings. The second-order valence-electron chi connectivity index (χ2n) is 6.29. The van der Waals surface area contributed by atoms with E-state index in [-0.39, 0.29) is 17.4 Å². The molecule has 1 rings (SSSR count). The molecule has 0 aliphatic rings. The number of halogens is 1. The van der Waals surface area contributed by atoms with Crippen molar-refractivity contribution in [3.63, 3.8) is 0 Å². The van der Waals surface area contributed by atoms with Gasteiger partial charge in [0.15, 0.2) is 0 Å². The number of benzene rings is 1. The summed E-state index contributed by atoms with van der Waals surface area (Å²) in [5.41, 5.74) is 6.77. The number of hydrogen-bond donors (Lipinski definition) is 2. The third-order valence-electron chi connectivity index (χ3n) is 3.84. The van der Waals surface area contributed by atoms with Crippen molar-refractivity contribution in [3.8, 4) is 0 Å². The van der Waals surface area contributed by atoms with Crippen LogP contribution in [0.15, 0.2) is 24.3 Å². The predicted octanol–water partition coefficient (Wildman–Crippen LogP) is 4.06. The van der Waals surface area contributed by atoms with Crippen molar-refractivity contribution < 1.29 is 4.79 Å². The molecule has 1 unspecified atom stereocenters. The van der Waals surface area contributed by atoms with Gasteiger partial charge in [0, 0.05) is 11.4 Å². The number of nitrogens with two attached hydrogens (primary N) is 1. The SMILES string of the molecule is CCC(NC(=O)CCC(C)(C)CCN)c1cccc(Cl)c1. The molecule has 0 aliphatic carbocycles. The number of rotatable bonds is 8. The third-order valence-corrected chi connectivity index (χ3v) is 4.08. The van der Waals surface area contributed by atoms with Gasteiger partial charge < -0.3 is 11.1 Å². The second kappa shape index (κ2) is 8.40. The third kappa shape index (κ3) is 6.49. The quantitative estimate of drug-likeness (QED) is 0.760. The van der Waals surface area contributed by atoms with Crippen molar-refractivity contribution >= 4 is 17.5 Å². The van der Waals surface area contributed by atoms with E-state index in [0.717, 1.165) is 24.8 Å². The van der Waals surface area contributed by atoms with Gasteiger partial charge in [-0.1, -0.05) is 44.5 Å². The van der Waals surface area contributed by atoms with Gasteiger partial charge in [0.05, 0.1) is 6.04 Å². The Kier molecular flexibility index (Phi) is 7.20. The van der Waals surface area contributed by atoms with E-state index in [1.807, 2.05) is 24.3 Å². The van der Waals surface area contributed by atoms with Gasteiger partial charge in [-0.25, -0.2) is 0 Å². The van der Waals surface area contributed by atoms with E-state index in [0.29, 0.717) is 18.0 Å². The minimum Gasteiger partial charge on any atom is -0.349 e. The summed E-state index contributed by atoms with van der Waals surface area (Å²) in [7, 11) is 0. The number of carbonyl (C=O) groups is 1. The summed E-state index contributed by atoms with van der Waals surface area (Å²) in [6, 6.07) is 7.69. The summed E-state index contributed by atoms with van der Waals surface area (Å²) >= 11 is 6.01. The molecular formula is C17H27ClN2O. The summed E-state index contributed by atoms with van der Waals surface area (Å²) in [5.74, 6) is 0.0897. The van der Waals surface area contributed by atoms with Crippen LogP contribution in [0, 0.1) is 5.41 Å². The van der Waals surface area contributed by atoms with Crippen molar-refractivity contribution in [2.75, 3.05) is 6.54 Å². The Morgan fingerprint density at radius 2 is 2.10 bits per heavy atom. The molecule has 118 valence electrons. The highest BCUT2D eigenvalue weighted by Gasteiger charge is 2.19. The Morgan fingerprint density at radius 1 is 1.38 bits per heavy atom. The van der Waals surface area contributed by atoms with Crippen molar-refractivity contribution in [1.82, 2.24) is 5.32 Å². The van der Waals surface area contributed by atoms with Crippen LogP contribution < -0.4 is 11.1 Å². The van der Waals surface area contributed by atoms with Crippen LogP contribution in [0.4, 0.5) is 0 Å². The summed E-state index contributed by atoms with van der Waals surface area (Å²) in [5, 5.41) is 3.79. The zero-order valence-corrected chi connectivity index (χ0v) is 14.0. The maximum atomic E-state index is 12.1. The molecule has 0 radical (unpaired) electrons. The molecular weight excluding hydrogens is 284 g/mol. The van der Waals surface area contributed by atoms with Crippen LogP contribution in [0.25, 0.3) is 0 Å². The molecule has 0 heterocycles. The van der Waals surface area contributed by atoms with Gasteiger partial charge in [-0.3, -0.25) is 4.79 Å². The number of hydrogen-bond acceptors (Lipinski definition) is 2. The van der Waals surface area contributed by atoms with Gasteiger partial charge in [0.2, 0.25) is 5.91 Å². The second-order valence-corrected chi connectivity index (χ2v) is 6.72. The highest BCUT2D eigenvalue weighted by molar-refractivity contribution is 6.30. The topological polar surface area (TPSA) is 55.1 Å². The Labute approximate surface area is 133 Å². The van der Waals surface area contributed by atoms with E-state index < -0.39 is 0 Å². The molecule has 1 atom stereocenters. The molecule has 3 nitrogen and oxygen atoms in total. The molecule has 4 heteroatoms. The molecule has 1 aromatic rings. The molecule has 21 heavy (non-hydrogen) atoms. The zero-order valence-electron chi connectivity index (χ0n) is 13.3. The van der Waals surface area contributed by atoms with Crippen LogP contribution in [-0.4, -0.2) is 12.5 Å². The standard InChI is InChI=1S/C17H27ClN2O/c1-4-15(13-6-5-7-14(18)12-13)20-16(21)8-9-17(2,3)10-11-19/h5-7,12,15H,4,8-11,19H2,1-3H3,(H,20,21). The first-order valence-corrected chi connectivity index (χ1v) is 8.00. The first-order valence-electron chi connectivity index (χ1n) is 7.63. The summed E-state index contributed by atoms with van der Waals surface area (Å²) in [6.07, 6.45) is 3.16. The lowest BCUT2D eigenvalue weighted by molar-refractivity contribution is -0.122. The average molecular weight is 311 g/mol. The summed E-state index contributed by atoms with van der Waals surface area (Å²) < 4.78 is 0. The van der Waals surface area contributed by atoms with E-state index in [1.54, 1.807) is 0 Å². The lowest BCUT2D eigenvalue weighted by atomic mass is 9.84. The summed E-state index contributed by atoms with van der Waals surface area (Å²) in [6.45, 7) is 7.03. The van der Waals surface area contributed by atoms with Crippen LogP contribution >= 0.6 is 11.6 Å². The lowest BCUT2D eigenvalue weighted by Gasteiger charge is -2.24. The first kappa shape index (κ1) is 18.0. The minimum absolute atomic E-state index is 0.0221. The fraction of sp³-hybridized carbons (Fsp3) is 0.588. The van der Waals surface area contributed by atoms with E-state index in [1.165, 1.54) is 0 Å². The predicted molar refractivity (Wildman–Crippen MR) is 89.3 cm³/mol. The zero-order chi connectivity index (χ0) is 15.9. The number of nitrogens with one attached hydrogen (secondary N) is 1. The van der Waals surface area contributed by atoms with Crippen molar-refractivity contribution in [3.05, 3.63) is 34.9 Å². The Balaban J connectivity index is 2.56. The normalized spacial score (nSPS) is 13.0. The Morgan fingerprint density at radius 3 is 2.67 bits per heavy atom. The van der Waals surface area contributed by atoms with Gasteiger partial charge in [-0.05, 0) is 48.9 Å². The molecule has 0 saturated heterocycles. The molecule has 0 aromatic heterocycles. The smallest absolute Gasteiger partial charge is 0.220 e. The van der Waals surface area contributed by atoms with Gasteiger partial charge >= 0.3 is 0 Å². The molecule has 1 aromatic carbocycles.